The summed E-state index contributed by atoms with van der Waals surface area (Å²) in [5.74, 6) is 0.0571. The zero-order chi connectivity index (χ0) is 17.6. The molecule has 0 amide bonds. The molecule has 128 valence electrons. The van der Waals surface area contributed by atoms with E-state index in [-0.39, 0.29) is 30.7 Å². The molecule has 0 aliphatic heterocycles. The van der Waals surface area contributed by atoms with Gasteiger partial charge in [0, 0.05) is 10.0 Å². The van der Waals surface area contributed by atoms with Crippen molar-refractivity contribution in [3.05, 3.63) is 64.7 Å². The van der Waals surface area contributed by atoms with Crippen molar-refractivity contribution >= 4 is 21.9 Å². The van der Waals surface area contributed by atoms with Gasteiger partial charge in [-0.05, 0) is 48.5 Å². The maximum atomic E-state index is 12.9. The van der Waals surface area contributed by atoms with Crippen LogP contribution in [-0.2, 0) is 16.1 Å². The molecule has 0 unspecified atom stereocenters. The predicted molar refractivity (Wildman–Crippen MR) is 89.1 cm³/mol. The predicted octanol–water partition coefficient (Wildman–Crippen LogP) is 3.76. The van der Waals surface area contributed by atoms with Gasteiger partial charge in [0.2, 0.25) is 5.82 Å². The van der Waals surface area contributed by atoms with Crippen LogP contribution in [0.25, 0.3) is 11.4 Å². The first-order chi connectivity index (χ1) is 12.1. The third-order valence-electron chi connectivity index (χ3n) is 3.10. The van der Waals surface area contributed by atoms with E-state index in [1.54, 1.807) is 24.3 Å². The van der Waals surface area contributed by atoms with Crippen LogP contribution in [0.4, 0.5) is 4.39 Å². The Morgan fingerprint density at radius 3 is 2.56 bits per heavy atom. The zero-order valence-corrected chi connectivity index (χ0v) is 14.4. The maximum absolute atomic E-state index is 12.9. The van der Waals surface area contributed by atoms with Gasteiger partial charge in [-0.15, -0.1) is 0 Å². The van der Waals surface area contributed by atoms with E-state index in [1.807, 2.05) is 0 Å². The van der Waals surface area contributed by atoms with Crippen molar-refractivity contribution in [3.8, 4) is 17.1 Å². The zero-order valence-electron chi connectivity index (χ0n) is 12.8. The van der Waals surface area contributed by atoms with Gasteiger partial charge in [-0.25, -0.2) is 9.18 Å². The largest absolute Gasteiger partial charge is 0.482 e. The highest BCUT2D eigenvalue weighted by molar-refractivity contribution is 9.10. The smallest absolute Gasteiger partial charge is 0.344 e. The summed E-state index contributed by atoms with van der Waals surface area (Å²) < 4.78 is 29.1. The fourth-order valence-corrected chi connectivity index (χ4v) is 2.15. The number of ether oxygens (including phenoxy) is 2. The van der Waals surface area contributed by atoms with Crippen molar-refractivity contribution < 1.29 is 23.2 Å². The molecule has 0 spiro atoms. The minimum atomic E-state index is -0.565. The SMILES string of the molecule is O=C(COc1ccc(Br)cc1)OCc1nc(-c2ccc(F)cc2)no1. The van der Waals surface area contributed by atoms with Crippen LogP contribution in [0, 0.1) is 5.82 Å². The first-order valence-electron chi connectivity index (χ1n) is 7.23. The van der Waals surface area contributed by atoms with Crippen molar-refractivity contribution in [2.45, 2.75) is 6.61 Å². The molecule has 2 aromatic carbocycles. The summed E-state index contributed by atoms with van der Waals surface area (Å²) in [5, 5.41) is 3.76. The van der Waals surface area contributed by atoms with Gasteiger partial charge in [0.05, 0.1) is 0 Å². The summed E-state index contributed by atoms with van der Waals surface area (Å²) >= 11 is 3.31. The third-order valence-corrected chi connectivity index (χ3v) is 3.63. The number of hydrogen-bond acceptors (Lipinski definition) is 6. The molecule has 0 N–H and O–H groups in total. The van der Waals surface area contributed by atoms with Gasteiger partial charge in [0.25, 0.3) is 5.89 Å². The highest BCUT2D eigenvalue weighted by Crippen LogP contribution is 2.17. The van der Waals surface area contributed by atoms with Crippen molar-refractivity contribution in [3.63, 3.8) is 0 Å². The third kappa shape index (κ3) is 4.87. The Hall–Kier alpha value is -2.74. The number of carbonyl (C=O) groups excluding carboxylic acids is 1. The maximum Gasteiger partial charge on any atom is 0.344 e. The van der Waals surface area contributed by atoms with Crippen LogP contribution in [0.2, 0.25) is 0 Å². The van der Waals surface area contributed by atoms with Gasteiger partial charge in [-0.2, -0.15) is 4.98 Å². The fraction of sp³-hybridized carbons (Fsp3) is 0.118. The van der Waals surface area contributed by atoms with Crippen LogP contribution >= 0.6 is 15.9 Å². The van der Waals surface area contributed by atoms with E-state index in [0.717, 1.165) is 4.47 Å². The summed E-state index contributed by atoms with van der Waals surface area (Å²) in [6.07, 6.45) is 0. The van der Waals surface area contributed by atoms with Gasteiger partial charge >= 0.3 is 5.97 Å². The van der Waals surface area contributed by atoms with Crippen LogP contribution < -0.4 is 4.74 Å². The van der Waals surface area contributed by atoms with E-state index in [9.17, 15) is 9.18 Å². The standard InChI is InChI=1S/C17H12BrFN2O4/c18-12-3-7-14(8-4-12)23-10-16(22)24-9-15-20-17(21-25-15)11-1-5-13(19)6-2-11/h1-8H,9-10H2. The van der Waals surface area contributed by atoms with Gasteiger partial charge < -0.3 is 14.0 Å². The first kappa shape index (κ1) is 17.1. The molecule has 3 rings (SSSR count). The molecular weight excluding hydrogens is 395 g/mol. The highest BCUT2D eigenvalue weighted by atomic mass is 79.9. The molecule has 0 bridgehead atoms. The molecule has 0 atom stereocenters. The Bertz CT molecular complexity index is 850. The van der Waals surface area contributed by atoms with E-state index in [0.29, 0.717) is 11.3 Å². The van der Waals surface area contributed by atoms with E-state index in [2.05, 4.69) is 26.1 Å². The lowest BCUT2D eigenvalue weighted by atomic mass is 10.2. The van der Waals surface area contributed by atoms with Crippen molar-refractivity contribution in [2.75, 3.05) is 6.61 Å². The highest BCUT2D eigenvalue weighted by Gasteiger charge is 2.11. The van der Waals surface area contributed by atoms with Gasteiger partial charge in [-0.3, -0.25) is 0 Å². The number of halogens is 2. The second kappa shape index (κ2) is 7.89. The van der Waals surface area contributed by atoms with Crippen LogP contribution in [0.1, 0.15) is 5.89 Å². The van der Waals surface area contributed by atoms with Crippen molar-refractivity contribution in [1.82, 2.24) is 10.1 Å². The molecule has 0 saturated heterocycles. The van der Waals surface area contributed by atoms with Gasteiger partial charge in [0.1, 0.15) is 11.6 Å². The topological polar surface area (TPSA) is 74.5 Å². The van der Waals surface area contributed by atoms with E-state index >= 15 is 0 Å². The van der Waals surface area contributed by atoms with Crippen LogP contribution in [0.5, 0.6) is 5.75 Å². The molecule has 0 fully saturated rings. The lowest BCUT2D eigenvalue weighted by Gasteiger charge is -2.05. The molecule has 0 saturated carbocycles. The van der Waals surface area contributed by atoms with Gasteiger partial charge in [-0.1, -0.05) is 21.1 Å². The molecule has 1 heterocycles. The molecule has 6 nitrogen and oxygen atoms in total. The summed E-state index contributed by atoms with van der Waals surface area (Å²) in [5.41, 5.74) is 0.598. The van der Waals surface area contributed by atoms with Crippen LogP contribution in [0.15, 0.2) is 57.5 Å². The van der Waals surface area contributed by atoms with E-state index < -0.39 is 5.97 Å². The molecule has 1 aromatic heterocycles. The number of esters is 1. The average molecular weight is 407 g/mol. The first-order valence-corrected chi connectivity index (χ1v) is 8.02. The summed E-state index contributed by atoms with van der Waals surface area (Å²) in [6.45, 7) is -0.405. The number of benzene rings is 2. The normalized spacial score (nSPS) is 10.5. The number of hydrogen-bond donors (Lipinski definition) is 0. The molecular formula is C17H12BrFN2O4. The molecule has 0 aliphatic rings. The lowest BCUT2D eigenvalue weighted by molar-refractivity contribution is -0.148. The van der Waals surface area contributed by atoms with Crippen LogP contribution in [-0.4, -0.2) is 22.7 Å². The molecule has 25 heavy (non-hydrogen) atoms. The Morgan fingerprint density at radius 2 is 1.84 bits per heavy atom. The average Bonchev–Trinajstić information content (AvgIpc) is 3.09. The summed E-state index contributed by atoms with van der Waals surface area (Å²) in [4.78, 5) is 15.8. The number of aromatic nitrogens is 2. The van der Waals surface area contributed by atoms with Crippen molar-refractivity contribution in [2.24, 2.45) is 0 Å². The number of rotatable bonds is 6. The molecule has 3 aromatic rings. The van der Waals surface area contributed by atoms with E-state index in [4.69, 9.17) is 14.0 Å². The number of nitrogens with zero attached hydrogens (tertiary/aromatic N) is 2. The Morgan fingerprint density at radius 1 is 1.12 bits per heavy atom. The second-order valence-corrected chi connectivity index (χ2v) is 5.84. The number of carbonyl (C=O) groups is 1. The molecule has 0 aliphatic carbocycles. The Kier molecular flexibility index (Phi) is 5.39. The Labute approximate surface area is 150 Å². The molecule has 0 radical (unpaired) electrons. The molecule has 8 heteroatoms. The van der Waals surface area contributed by atoms with Gasteiger partial charge in [0.15, 0.2) is 13.2 Å². The Balaban J connectivity index is 1.49. The minimum absolute atomic E-state index is 0.135. The summed E-state index contributed by atoms with van der Waals surface area (Å²) in [6, 6.07) is 12.7. The fourth-order valence-electron chi connectivity index (χ4n) is 1.89. The van der Waals surface area contributed by atoms with Crippen molar-refractivity contribution in [1.29, 1.82) is 0 Å². The second-order valence-electron chi connectivity index (χ2n) is 4.92. The minimum Gasteiger partial charge on any atom is -0.482 e. The summed E-state index contributed by atoms with van der Waals surface area (Å²) in [7, 11) is 0. The van der Waals surface area contributed by atoms with E-state index in [1.165, 1.54) is 24.3 Å². The lowest BCUT2D eigenvalue weighted by Crippen LogP contribution is -2.14. The quantitative estimate of drug-likeness (QED) is 0.580. The monoisotopic (exact) mass is 406 g/mol. The van der Waals surface area contributed by atoms with Crippen LogP contribution in [0.3, 0.4) is 0 Å².